The number of aryl methyl sites for hydroxylation is 1. The van der Waals surface area contributed by atoms with Gasteiger partial charge in [-0.15, -0.1) is 0 Å². The van der Waals surface area contributed by atoms with Crippen molar-refractivity contribution < 1.29 is 4.79 Å². The number of nitrogens with two attached hydrogens (primary N) is 1. The Hall–Kier alpha value is -1.49. The number of aromatic nitrogens is 1. The van der Waals surface area contributed by atoms with E-state index < -0.39 is 0 Å². The van der Waals surface area contributed by atoms with Crippen LogP contribution < -0.4 is 5.73 Å². The Kier molecular flexibility index (Phi) is 3.70. The van der Waals surface area contributed by atoms with Gasteiger partial charge in [-0.25, -0.2) is 0 Å². The predicted molar refractivity (Wildman–Crippen MR) is 79.6 cm³/mol. The molecule has 5 heteroatoms. The van der Waals surface area contributed by atoms with E-state index >= 15 is 0 Å². The fourth-order valence-corrected chi connectivity index (χ4v) is 3.03. The maximum Gasteiger partial charge on any atom is 0.270 e. The van der Waals surface area contributed by atoms with Crippen LogP contribution >= 0.6 is 0 Å². The van der Waals surface area contributed by atoms with Gasteiger partial charge in [0.25, 0.3) is 5.91 Å². The van der Waals surface area contributed by atoms with E-state index in [1.807, 2.05) is 21.7 Å². The van der Waals surface area contributed by atoms with Gasteiger partial charge in [0, 0.05) is 45.0 Å². The largest absolute Gasteiger partial charge is 0.397 e. The molecule has 0 bridgehead atoms. The van der Waals surface area contributed by atoms with Gasteiger partial charge in [0.2, 0.25) is 0 Å². The fraction of sp³-hybridized carbons (Fsp3) is 0.667. The van der Waals surface area contributed by atoms with Crippen molar-refractivity contribution in [2.45, 2.75) is 38.8 Å². The van der Waals surface area contributed by atoms with Crippen molar-refractivity contribution >= 4 is 11.6 Å². The molecule has 1 saturated carbocycles. The number of rotatable bonds is 4. The molecule has 1 amide bonds. The highest BCUT2D eigenvalue weighted by Crippen LogP contribution is 2.27. The zero-order chi connectivity index (χ0) is 14.1. The molecule has 0 spiro atoms. The summed E-state index contributed by atoms with van der Waals surface area (Å²) in [6, 6.07) is 2.61. The van der Waals surface area contributed by atoms with E-state index in [9.17, 15) is 4.79 Å². The van der Waals surface area contributed by atoms with Crippen molar-refractivity contribution in [3.63, 3.8) is 0 Å². The lowest BCUT2D eigenvalue weighted by Gasteiger charge is -2.34. The van der Waals surface area contributed by atoms with E-state index in [-0.39, 0.29) is 5.91 Å². The maximum atomic E-state index is 12.6. The Labute approximate surface area is 120 Å². The van der Waals surface area contributed by atoms with Crippen LogP contribution in [0.25, 0.3) is 0 Å². The first-order valence-corrected chi connectivity index (χ1v) is 7.68. The van der Waals surface area contributed by atoms with E-state index in [1.54, 1.807) is 0 Å². The molecule has 2 aliphatic rings. The minimum absolute atomic E-state index is 0.130. The van der Waals surface area contributed by atoms with Gasteiger partial charge in [0.15, 0.2) is 0 Å². The average Bonchev–Trinajstić information content (AvgIpc) is 3.23. The molecule has 20 heavy (non-hydrogen) atoms. The maximum absolute atomic E-state index is 12.6. The summed E-state index contributed by atoms with van der Waals surface area (Å²) in [5.41, 5.74) is 7.27. The minimum atomic E-state index is 0.130. The van der Waals surface area contributed by atoms with Gasteiger partial charge in [-0.1, -0.05) is 6.92 Å². The smallest absolute Gasteiger partial charge is 0.270 e. The van der Waals surface area contributed by atoms with Gasteiger partial charge in [-0.05, 0) is 25.3 Å². The highest BCUT2D eigenvalue weighted by atomic mass is 16.2. The number of nitrogen functional groups attached to an aromatic ring is 1. The molecular formula is C15H24N4O. The monoisotopic (exact) mass is 276 g/mol. The Morgan fingerprint density at radius 1 is 1.30 bits per heavy atom. The zero-order valence-corrected chi connectivity index (χ0v) is 12.2. The molecule has 2 fully saturated rings. The number of piperazine rings is 1. The van der Waals surface area contributed by atoms with Crippen molar-refractivity contribution in [1.82, 2.24) is 14.4 Å². The van der Waals surface area contributed by atoms with Gasteiger partial charge >= 0.3 is 0 Å². The van der Waals surface area contributed by atoms with Crippen molar-refractivity contribution in [1.29, 1.82) is 0 Å². The summed E-state index contributed by atoms with van der Waals surface area (Å²) in [5, 5.41) is 0. The summed E-state index contributed by atoms with van der Waals surface area (Å²) < 4.78 is 1.99. The molecule has 2 N–H and O–H groups in total. The van der Waals surface area contributed by atoms with Crippen LogP contribution in [0.1, 0.15) is 36.7 Å². The Morgan fingerprint density at radius 3 is 2.60 bits per heavy atom. The molecule has 110 valence electrons. The van der Waals surface area contributed by atoms with E-state index in [2.05, 4.69) is 11.8 Å². The van der Waals surface area contributed by atoms with Gasteiger partial charge in [-0.2, -0.15) is 0 Å². The van der Waals surface area contributed by atoms with E-state index in [0.717, 1.165) is 50.9 Å². The normalized spacial score (nSPS) is 20.4. The van der Waals surface area contributed by atoms with E-state index in [0.29, 0.717) is 5.69 Å². The molecule has 1 aliphatic carbocycles. The van der Waals surface area contributed by atoms with Crippen LogP contribution in [0.3, 0.4) is 0 Å². The standard InChI is InChI=1S/C15H24N4O/c1-2-5-19-11-12(16)10-14(19)15(20)18-8-6-17(7-9-18)13-3-4-13/h10-11,13H,2-9,16H2,1H3. The summed E-state index contributed by atoms with van der Waals surface area (Å²) >= 11 is 0. The molecule has 1 aromatic heterocycles. The van der Waals surface area contributed by atoms with Gasteiger partial charge in [0.1, 0.15) is 5.69 Å². The first kappa shape index (κ1) is 13.5. The predicted octanol–water partition coefficient (Wildman–Crippen LogP) is 1.40. The molecule has 0 unspecified atom stereocenters. The number of anilines is 1. The van der Waals surface area contributed by atoms with Gasteiger partial charge in [0.05, 0.1) is 5.69 Å². The lowest BCUT2D eigenvalue weighted by Crippen LogP contribution is -2.49. The molecule has 0 radical (unpaired) electrons. The molecule has 1 aliphatic heterocycles. The topological polar surface area (TPSA) is 54.5 Å². The second-order valence-electron chi connectivity index (χ2n) is 5.91. The van der Waals surface area contributed by atoms with Crippen LogP contribution in [0.5, 0.6) is 0 Å². The number of nitrogens with zero attached hydrogens (tertiary/aromatic N) is 3. The van der Waals surface area contributed by atoms with Crippen LogP contribution in [0.2, 0.25) is 0 Å². The highest BCUT2D eigenvalue weighted by Gasteiger charge is 2.32. The number of amides is 1. The third-order valence-electron chi connectivity index (χ3n) is 4.27. The second-order valence-corrected chi connectivity index (χ2v) is 5.91. The molecule has 5 nitrogen and oxygen atoms in total. The Balaban J connectivity index is 1.66. The first-order valence-electron chi connectivity index (χ1n) is 7.68. The molecule has 3 rings (SSSR count). The molecule has 1 aromatic rings. The SMILES string of the molecule is CCCn1cc(N)cc1C(=O)N1CCN(C2CC2)CC1. The van der Waals surface area contributed by atoms with E-state index in [1.165, 1.54) is 12.8 Å². The van der Waals surface area contributed by atoms with Crippen molar-refractivity contribution in [2.24, 2.45) is 0 Å². The average molecular weight is 276 g/mol. The third kappa shape index (κ3) is 2.68. The molecule has 0 aromatic carbocycles. The van der Waals surface area contributed by atoms with Crippen molar-refractivity contribution in [3.8, 4) is 0 Å². The summed E-state index contributed by atoms with van der Waals surface area (Å²) in [5.74, 6) is 0.130. The summed E-state index contributed by atoms with van der Waals surface area (Å²) in [4.78, 5) is 17.1. The van der Waals surface area contributed by atoms with E-state index in [4.69, 9.17) is 5.73 Å². The Bertz CT molecular complexity index is 484. The number of carbonyl (C=O) groups excluding carboxylic acids is 1. The van der Waals surface area contributed by atoms with Crippen LogP contribution in [0.4, 0.5) is 5.69 Å². The first-order chi connectivity index (χ1) is 9.69. The number of hydrogen-bond donors (Lipinski definition) is 1. The third-order valence-corrected chi connectivity index (χ3v) is 4.27. The molecule has 0 atom stereocenters. The number of carbonyl (C=O) groups is 1. The summed E-state index contributed by atoms with van der Waals surface area (Å²) in [6.45, 7) is 6.67. The lowest BCUT2D eigenvalue weighted by atomic mass is 10.2. The quantitative estimate of drug-likeness (QED) is 0.904. The summed E-state index contributed by atoms with van der Waals surface area (Å²) in [6.07, 6.45) is 5.55. The van der Waals surface area contributed by atoms with Crippen LogP contribution in [0, 0.1) is 0 Å². The van der Waals surface area contributed by atoms with Gasteiger partial charge in [-0.3, -0.25) is 9.69 Å². The van der Waals surface area contributed by atoms with Gasteiger partial charge < -0.3 is 15.2 Å². The van der Waals surface area contributed by atoms with Crippen molar-refractivity contribution in [3.05, 3.63) is 18.0 Å². The zero-order valence-electron chi connectivity index (χ0n) is 12.2. The van der Waals surface area contributed by atoms with Crippen LogP contribution in [-0.2, 0) is 6.54 Å². The molecule has 1 saturated heterocycles. The van der Waals surface area contributed by atoms with Crippen molar-refractivity contribution in [2.75, 3.05) is 31.9 Å². The van der Waals surface area contributed by atoms with Crippen LogP contribution in [0.15, 0.2) is 12.3 Å². The second kappa shape index (κ2) is 5.48. The fourth-order valence-electron chi connectivity index (χ4n) is 3.03. The summed E-state index contributed by atoms with van der Waals surface area (Å²) in [7, 11) is 0. The lowest BCUT2D eigenvalue weighted by molar-refractivity contribution is 0.0616. The minimum Gasteiger partial charge on any atom is -0.397 e. The molecular weight excluding hydrogens is 252 g/mol. The van der Waals surface area contributed by atoms with Crippen LogP contribution in [-0.4, -0.2) is 52.5 Å². The Morgan fingerprint density at radius 2 is 2.00 bits per heavy atom. The number of hydrogen-bond acceptors (Lipinski definition) is 3. The molecule has 2 heterocycles. The highest BCUT2D eigenvalue weighted by molar-refractivity contribution is 5.94.